The number of anilines is 1. The molecule has 0 aliphatic carbocycles. The molecule has 0 saturated carbocycles. The molecule has 0 radical (unpaired) electrons. The molecule has 0 unspecified atom stereocenters. The summed E-state index contributed by atoms with van der Waals surface area (Å²) in [7, 11) is 2.90. The summed E-state index contributed by atoms with van der Waals surface area (Å²) in [6.45, 7) is 1.91. The van der Waals surface area contributed by atoms with E-state index in [9.17, 15) is 14.4 Å². The predicted molar refractivity (Wildman–Crippen MR) is 71.7 cm³/mol. The highest BCUT2D eigenvalue weighted by molar-refractivity contribution is 5.76. The third kappa shape index (κ3) is 2.29. The van der Waals surface area contributed by atoms with Gasteiger partial charge in [0.15, 0.2) is 11.2 Å². The maximum absolute atomic E-state index is 11.9. The van der Waals surface area contributed by atoms with E-state index < -0.39 is 17.2 Å². The van der Waals surface area contributed by atoms with Gasteiger partial charge in [-0.1, -0.05) is 0 Å². The first kappa shape index (κ1) is 13.8. The van der Waals surface area contributed by atoms with Crippen molar-refractivity contribution in [2.24, 2.45) is 14.1 Å². The molecule has 2 rings (SSSR count). The van der Waals surface area contributed by atoms with Crippen molar-refractivity contribution in [3.8, 4) is 0 Å². The largest absolute Gasteiger partial charge is 0.465 e. The molecule has 0 aromatic carbocycles. The zero-order valence-corrected chi connectivity index (χ0v) is 11.4. The number of imidazole rings is 1. The van der Waals surface area contributed by atoms with Gasteiger partial charge in [0.05, 0.1) is 6.61 Å². The summed E-state index contributed by atoms with van der Waals surface area (Å²) >= 11 is 0. The minimum atomic E-state index is -0.472. The normalized spacial score (nSPS) is 10.8. The molecule has 2 aromatic heterocycles. The maximum atomic E-state index is 11.9. The van der Waals surface area contributed by atoms with E-state index in [-0.39, 0.29) is 30.3 Å². The number of nitrogens with one attached hydrogen (secondary N) is 2. The average Bonchev–Trinajstić information content (AvgIpc) is 2.85. The van der Waals surface area contributed by atoms with Crippen LogP contribution < -0.4 is 16.6 Å². The van der Waals surface area contributed by atoms with Gasteiger partial charge in [-0.15, -0.1) is 0 Å². The molecule has 2 aromatic rings. The molecular formula is C11H15N5O4. The van der Waals surface area contributed by atoms with Crippen molar-refractivity contribution in [1.82, 2.24) is 19.1 Å². The minimum absolute atomic E-state index is 0.0814. The number of nitrogens with zero attached hydrogens (tertiary/aromatic N) is 3. The number of hydrogen-bond acceptors (Lipinski definition) is 6. The number of aryl methyl sites for hydroxylation is 1. The van der Waals surface area contributed by atoms with Crippen LogP contribution in [0.3, 0.4) is 0 Å². The molecule has 108 valence electrons. The van der Waals surface area contributed by atoms with Gasteiger partial charge in [-0.3, -0.25) is 18.7 Å². The van der Waals surface area contributed by atoms with Crippen molar-refractivity contribution >= 4 is 23.1 Å². The van der Waals surface area contributed by atoms with Crippen LogP contribution in [0.15, 0.2) is 9.59 Å². The predicted octanol–water partition coefficient (Wildman–Crippen LogP) is -1.06. The lowest BCUT2D eigenvalue weighted by atomic mass is 10.5. The molecule has 2 N–H and O–H groups in total. The van der Waals surface area contributed by atoms with Crippen LogP contribution in [0.2, 0.25) is 0 Å². The van der Waals surface area contributed by atoms with E-state index in [1.807, 2.05) is 0 Å². The van der Waals surface area contributed by atoms with Gasteiger partial charge >= 0.3 is 11.7 Å². The van der Waals surface area contributed by atoms with Gasteiger partial charge in [0.25, 0.3) is 5.56 Å². The molecule has 0 amide bonds. The van der Waals surface area contributed by atoms with Crippen LogP contribution in [-0.4, -0.2) is 38.2 Å². The van der Waals surface area contributed by atoms with Crippen LogP contribution in [-0.2, 0) is 23.6 Å². The highest BCUT2D eigenvalue weighted by atomic mass is 16.5. The molecule has 9 nitrogen and oxygen atoms in total. The first-order valence-electron chi connectivity index (χ1n) is 6.01. The Balaban J connectivity index is 2.37. The standard InChI is InChI=1S/C11H15N5O4/c1-4-20-6(17)5-12-10-13-7-8(14-10)15(2)11(19)16(3)9(7)18/h4-5H2,1-3H3,(H2,12,13,14). The lowest BCUT2D eigenvalue weighted by molar-refractivity contribution is -0.140. The second kappa shape index (κ2) is 5.19. The summed E-state index contributed by atoms with van der Waals surface area (Å²) in [6.07, 6.45) is 0. The molecule has 9 heteroatoms. The average molecular weight is 281 g/mol. The van der Waals surface area contributed by atoms with Crippen molar-refractivity contribution < 1.29 is 9.53 Å². The monoisotopic (exact) mass is 281 g/mol. The van der Waals surface area contributed by atoms with E-state index >= 15 is 0 Å². The number of carbonyl (C=O) groups is 1. The number of aromatic amines is 1. The number of fused-ring (bicyclic) bond motifs is 1. The Hall–Kier alpha value is -2.58. The second-order valence-corrected chi connectivity index (χ2v) is 4.15. The number of ether oxygens (including phenoxy) is 1. The summed E-state index contributed by atoms with van der Waals surface area (Å²) in [5.74, 6) is -0.207. The van der Waals surface area contributed by atoms with Gasteiger partial charge in [0, 0.05) is 14.1 Å². The van der Waals surface area contributed by atoms with E-state index in [0.717, 1.165) is 4.57 Å². The van der Waals surface area contributed by atoms with Crippen molar-refractivity contribution in [2.45, 2.75) is 6.92 Å². The van der Waals surface area contributed by atoms with Crippen LogP contribution >= 0.6 is 0 Å². The molecule has 2 heterocycles. The summed E-state index contributed by atoms with van der Waals surface area (Å²) < 4.78 is 6.99. The van der Waals surface area contributed by atoms with E-state index in [4.69, 9.17) is 4.74 Å². The van der Waals surface area contributed by atoms with Crippen LogP contribution in [0.1, 0.15) is 6.92 Å². The third-order valence-corrected chi connectivity index (χ3v) is 2.80. The second-order valence-electron chi connectivity index (χ2n) is 4.15. The van der Waals surface area contributed by atoms with E-state index in [1.54, 1.807) is 6.92 Å². The smallest absolute Gasteiger partial charge is 0.332 e. The Morgan fingerprint density at radius 3 is 2.70 bits per heavy atom. The molecular weight excluding hydrogens is 266 g/mol. The Labute approximate surface area is 113 Å². The number of rotatable bonds is 4. The fraction of sp³-hybridized carbons (Fsp3) is 0.455. The van der Waals surface area contributed by atoms with Crippen LogP contribution in [0.4, 0.5) is 5.95 Å². The number of esters is 1. The van der Waals surface area contributed by atoms with Gasteiger partial charge in [-0.25, -0.2) is 4.79 Å². The van der Waals surface area contributed by atoms with Crippen LogP contribution in [0.25, 0.3) is 11.2 Å². The van der Waals surface area contributed by atoms with Crippen LogP contribution in [0.5, 0.6) is 0 Å². The van der Waals surface area contributed by atoms with Crippen molar-refractivity contribution in [3.05, 3.63) is 20.8 Å². The van der Waals surface area contributed by atoms with E-state index in [1.165, 1.54) is 18.7 Å². The number of aromatic nitrogens is 4. The number of hydrogen-bond donors (Lipinski definition) is 2. The van der Waals surface area contributed by atoms with E-state index in [0.29, 0.717) is 0 Å². The van der Waals surface area contributed by atoms with Crippen molar-refractivity contribution in [1.29, 1.82) is 0 Å². The lowest BCUT2D eigenvalue weighted by Crippen LogP contribution is -2.36. The molecule has 0 saturated heterocycles. The summed E-state index contributed by atoms with van der Waals surface area (Å²) in [5.41, 5.74) is -0.517. The van der Waals surface area contributed by atoms with Crippen molar-refractivity contribution in [2.75, 3.05) is 18.5 Å². The summed E-state index contributed by atoms with van der Waals surface area (Å²) in [4.78, 5) is 41.7. The highest BCUT2D eigenvalue weighted by Gasteiger charge is 2.13. The van der Waals surface area contributed by atoms with E-state index in [2.05, 4.69) is 15.3 Å². The number of carbonyl (C=O) groups excluding carboxylic acids is 1. The first-order chi connectivity index (χ1) is 9.45. The first-order valence-corrected chi connectivity index (χ1v) is 6.01. The SMILES string of the molecule is CCOC(=O)CNc1nc2c([nH]1)c(=O)n(C)c(=O)n2C. The lowest BCUT2D eigenvalue weighted by Gasteiger charge is -2.01. The Morgan fingerprint density at radius 2 is 2.05 bits per heavy atom. The fourth-order valence-corrected chi connectivity index (χ4v) is 1.78. The molecule has 0 fully saturated rings. The summed E-state index contributed by atoms with van der Waals surface area (Å²) in [6, 6.07) is 0. The molecule has 20 heavy (non-hydrogen) atoms. The Kier molecular flexibility index (Phi) is 3.59. The molecule has 0 bridgehead atoms. The minimum Gasteiger partial charge on any atom is -0.465 e. The highest BCUT2D eigenvalue weighted by Crippen LogP contribution is 2.07. The van der Waals surface area contributed by atoms with Gasteiger partial charge < -0.3 is 15.0 Å². The molecule has 0 spiro atoms. The fourth-order valence-electron chi connectivity index (χ4n) is 1.78. The quantitative estimate of drug-likeness (QED) is 0.691. The van der Waals surface area contributed by atoms with Crippen molar-refractivity contribution in [3.63, 3.8) is 0 Å². The molecule has 0 aliphatic heterocycles. The van der Waals surface area contributed by atoms with Gasteiger partial charge in [-0.05, 0) is 6.92 Å². The molecule has 0 atom stereocenters. The van der Waals surface area contributed by atoms with Gasteiger partial charge in [0.1, 0.15) is 6.54 Å². The number of H-pyrrole nitrogens is 1. The zero-order valence-electron chi connectivity index (χ0n) is 11.4. The maximum Gasteiger partial charge on any atom is 0.332 e. The zero-order chi connectivity index (χ0) is 14.9. The Bertz CT molecular complexity index is 769. The summed E-state index contributed by atoms with van der Waals surface area (Å²) in [5, 5.41) is 2.71. The Morgan fingerprint density at radius 1 is 1.35 bits per heavy atom. The van der Waals surface area contributed by atoms with Gasteiger partial charge in [0.2, 0.25) is 5.95 Å². The third-order valence-electron chi connectivity index (χ3n) is 2.80. The topological polar surface area (TPSA) is 111 Å². The molecule has 0 aliphatic rings. The van der Waals surface area contributed by atoms with Gasteiger partial charge in [-0.2, -0.15) is 4.98 Å². The van der Waals surface area contributed by atoms with Crippen LogP contribution in [0, 0.1) is 0 Å².